The van der Waals surface area contributed by atoms with Gasteiger partial charge in [-0.2, -0.15) is 0 Å². The van der Waals surface area contributed by atoms with E-state index in [-0.39, 0.29) is 0 Å². The molecule has 2 heterocycles. The van der Waals surface area contributed by atoms with Crippen molar-refractivity contribution in [2.75, 3.05) is 0 Å². The fourth-order valence-corrected chi connectivity index (χ4v) is 2.44. The first-order valence-corrected chi connectivity index (χ1v) is 6.50. The minimum Gasteiger partial charge on any atom is -0.335 e. The molecule has 0 amide bonds. The average Bonchev–Trinajstić information content (AvgIpc) is 2.76. The van der Waals surface area contributed by atoms with Crippen molar-refractivity contribution in [3.05, 3.63) is 41.0 Å². The third-order valence-electron chi connectivity index (χ3n) is 2.96. The molecule has 0 saturated heterocycles. The first kappa shape index (κ1) is 13.0. The standard InChI is InChI=1S/C13H17ClN4/c1-4-18-6-5-15-11(18)7-10-12(9(2)3)13(14)17-8-16-10/h5-6,8-9H,4,7H2,1-3H3. The van der Waals surface area contributed by atoms with Crippen molar-refractivity contribution in [3.8, 4) is 0 Å². The third kappa shape index (κ3) is 2.53. The number of aromatic nitrogens is 4. The van der Waals surface area contributed by atoms with Crippen molar-refractivity contribution in [2.24, 2.45) is 0 Å². The Morgan fingerprint density at radius 1 is 1.28 bits per heavy atom. The molecule has 2 aromatic rings. The van der Waals surface area contributed by atoms with E-state index in [1.165, 1.54) is 6.33 Å². The summed E-state index contributed by atoms with van der Waals surface area (Å²) in [7, 11) is 0. The maximum Gasteiger partial charge on any atom is 0.136 e. The van der Waals surface area contributed by atoms with Crippen molar-refractivity contribution >= 4 is 11.6 Å². The van der Waals surface area contributed by atoms with E-state index in [4.69, 9.17) is 11.6 Å². The van der Waals surface area contributed by atoms with E-state index in [1.807, 2.05) is 12.4 Å². The molecule has 0 spiro atoms. The first-order chi connectivity index (χ1) is 8.63. The van der Waals surface area contributed by atoms with Gasteiger partial charge in [-0.3, -0.25) is 0 Å². The van der Waals surface area contributed by atoms with Gasteiger partial charge in [-0.05, 0) is 12.8 Å². The van der Waals surface area contributed by atoms with Gasteiger partial charge in [0.2, 0.25) is 0 Å². The molecule has 0 aliphatic heterocycles. The molecule has 2 rings (SSSR count). The lowest BCUT2D eigenvalue weighted by atomic mass is 10.0. The Morgan fingerprint density at radius 3 is 2.72 bits per heavy atom. The van der Waals surface area contributed by atoms with Crippen LogP contribution in [0.1, 0.15) is 43.8 Å². The van der Waals surface area contributed by atoms with Crippen LogP contribution < -0.4 is 0 Å². The first-order valence-electron chi connectivity index (χ1n) is 6.12. The Hall–Kier alpha value is -1.42. The van der Waals surface area contributed by atoms with Gasteiger partial charge in [-0.25, -0.2) is 15.0 Å². The van der Waals surface area contributed by atoms with Crippen LogP contribution in [-0.4, -0.2) is 19.5 Å². The minimum absolute atomic E-state index is 0.304. The molecule has 5 heteroatoms. The predicted molar refractivity (Wildman–Crippen MR) is 71.8 cm³/mol. The highest BCUT2D eigenvalue weighted by atomic mass is 35.5. The maximum absolute atomic E-state index is 6.16. The molecule has 0 N–H and O–H groups in total. The highest BCUT2D eigenvalue weighted by molar-refractivity contribution is 6.30. The zero-order valence-electron chi connectivity index (χ0n) is 10.9. The second-order valence-corrected chi connectivity index (χ2v) is 4.84. The molecule has 2 aromatic heterocycles. The predicted octanol–water partition coefficient (Wildman–Crippen LogP) is 3.06. The number of rotatable bonds is 4. The molecule has 96 valence electrons. The maximum atomic E-state index is 6.16. The van der Waals surface area contributed by atoms with Gasteiger partial charge in [0, 0.05) is 30.9 Å². The van der Waals surface area contributed by atoms with Gasteiger partial charge in [0.25, 0.3) is 0 Å². The van der Waals surface area contributed by atoms with Crippen molar-refractivity contribution in [1.29, 1.82) is 0 Å². The van der Waals surface area contributed by atoms with Crippen LogP contribution >= 0.6 is 11.6 Å². The number of aryl methyl sites for hydroxylation is 1. The molecule has 0 aliphatic carbocycles. The van der Waals surface area contributed by atoms with Crippen LogP contribution in [0.15, 0.2) is 18.7 Å². The van der Waals surface area contributed by atoms with Gasteiger partial charge in [-0.15, -0.1) is 0 Å². The third-order valence-corrected chi connectivity index (χ3v) is 3.26. The van der Waals surface area contributed by atoms with Crippen LogP contribution in [-0.2, 0) is 13.0 Å². The summed E-state index contributed by atoms with van der Waals surface area (Å²) in [6, 6.07) is 0. The smallest absolute Gasteiger partial charge is 0.136 e. The van der Waals surface area contributed by atoms with Crippen molar-refractivity contribution in [2.45, 2.75) is 39.7 Å². The SMILES string of the molecule is CCn1ccnc1Cc1ncnc(Cl)c1C(C)C. The van der Waals surface area contributed by atoms with E-state index < -0.39 is 0 Å². The Kier molecular flexibility index (Phi) is 3.97. The normalized spacial score (nSPS) is 11.2. The van der Waals surface area contributed by atoms with Gasteiger partial charge >= 0.3 is 0 Å². The van der Waals surface area contributed by atoms with Gasteiger partial charge < -0.3 is 4.57 Å². The zero-order chi connectivity index (χ0) is 13.1. The fourth-order valence-electron chi connectivity index (χ4n) is 2.06. The number of nitrogens with zero attached hydrogens (tertiary/aromatic N) is 4. The summed E-state index contributed by atoms with van der Waals surface area (Å²) in [5, 5.41) is 0.546. The quantitative estimate of drug-likeness (QED) is 0.797. The second kappa shape index (κ2) is 5.48. The minimum atomic E-state index is 0.304. The van der Waals surface area contributed by atoms with E-state index in [0.717, 1.165) is 23.6 Å². The van der Waals surface area contributed by atoms with E-state index in [9.17, 15) is 0 Å². The van der Waals surface area contributed by atoms with Gasteiger partial charge in [0.15, 0.2) is 0 Å². The summed E-state index contributed by atoms with van der Waals surface area (Å²) in [6.45, 7) is 7.20. The summed E-state index contributed by atoms with van der Waals surface area (Å²) in [5.74, 6) is 1.31. The zero-order valence-corrected chi connectivity index (χ0v) is 11.6. The molecular weight excluding hydrogens is 248 g/mol. The lowest BCUT2D eigenvalue weighted by molar-refractivity contribution is 0.701. The van der Waals surface area contributed by atoms with Crippen molar-refractivity contribution < 1.29 is 0 Å². The van der Waals surface area contributed by atoms with E-state index >= 15 is 0 Å². The highest BCUT2D eigenvalue weighted by Gasteiger charge is 2.15. The van der Waals surface area contributed by atoms with Gasteiger partial charge in [-0.1, -0.05) is 25.4 Å². The molecule has 0 saturated carbocycles. The highest BCUT2D eigenvalue weighted by Crippen LogP contribution is 2.25. The molecule has 0 unspecified atom stereocenters. The van der Waals surface area contributed by atoms with Crippen molar-refractivity contribution in [3.63, 3.8) is 0 Å². The molecule has 18 heavy (non-hydrogen) atoms. The van der Waals surface area contributed by atoms with Crippen LogP contribution in [0.3, 0.4) is 0 Å². The number of hydrogen-bond donors (Lipinski definition) is 0. The molecule has 0 aliphatic rings. The van der Waals surface area contributed by atoms with Crippen LogP contribution in [0.25, 0.3) is 0 Å². The Morgan fingerprint density at radius 2 is 2.06 bits per heavy atom. The summed E-state index contributed by atoms with van der Waals surface area (Å²) >= 11 is 6.16. The molecule has 0 fully saturated rings. The van der Waals surface area contributed by atoms with Crippen molar-refractivity contribution in [1.82, 2.24) is 19.5 Å². The molecule has 0 aromatic carbocycles. The number of hydrogen-bond acceptors (Lipinski definition) is 3. The molecule has 0 atom stereocenters. The summed E-state index contributed by atoms with van der Waals surface area (Å²) in [4.78, 5) is 12.8. The van der Waals surface area contributed by atoms with Crippen LogP contribution in [0.5, 0.6) is 0 Å². The van der Waals surface area contributed by atoms with Crippen LogP contribution in [0.2, 0.25) is 5.15 Å². The Balaban J connectivity index is 2.37. The monoisotopic (exact) mass is 264 g/mol. The van der Waals surface area contributed by atoms with Crippen LogP contribution in [0.4, 0.5) is 0 Å². The molecule has 4 nitrogen and oxygen atoms in total. The van der Waals surface area contributed by atoms with E-state index in [0.29, 0.717) is 17.5 Å². The Labute approximate surface area is 112 Å². The lowest BCUT2D eigenvalue weighted by Crippen LogP contribution is -2.08. The number of halogens is 1. The average molecular weight is 265 g/mol. The fraction of sp³-hybridized carbons (Fsp3) is 0.462. The van der Waals surface area contributed by atoms with Gasteiger partial charge in [0.1, 0.15) is 17.3 Å². The largest absolute Gasteiger partial charge is 0.335 e. The number of imidazole rings is 1. The second-order valence-electron chi connectivity index (χ2n) is 4.49. The molecule has 0 bridgehead atoms. The topological polar surface area (TPSA) is 43.6 Å². The summed E-state index contributed by atoms with van der Waals surface area (Å²) in [5.41, 5.74) is 1.98. The van der Waals surface area contributed by atoms with E-state index in [2.05, 4.69) is 40.3 Å². The van der Waals surface area contributed by atoms with Gasteiger partial charge in [0.05, 0.1) is 5.69 Å². The van der Waals surface area contributed by atoms with Crippen LogP contribution in [0, 0.1) is 0 Å². The lowest BCUT2D eigenvalue weighted by Gasteiger charge is -2.13. The summed E-state index contributed by atoms with van der Waals surface area (Å²) < 4.78 is 2.11. The summed E-state index contributed by atoms with van der Waals surface area (Å²) in [6.07, 6.45) is 6.00. The molecular formula is C13H17ClN4. The molecule has 0 radical (unpaired) electrons. The Bertz CT molecular complexity index is 534. The van der Waals surface area contributed by atoms with E-state index in [1.54, 1.807) is 0 Å².